The van der Waals surface area contributed by atoms with Gasteiger partial charge < -0.3 is 10.6 Å². The molecule has 2 atom stereocenters. The minimum atomic E-state index is 0.249. The smallest absolute Gasteiger partial charge is 0.222 e. The van der Waals surface area contributed by atoms with Crippen LogP contribution in [0.3, 0.4) is 0 Å². The average molecular weight is 364 g/mol. The number of nitrogen functional groups attached to an aromatic ring is 1. The zero-order valence-electron chi connectivity index (χ0n) is 12.2. The highest BCUT2D eigenvalue weighted by Crippen LogP contribution is 2.36. The molecule has 0 radical (unpaired) electrons. The molecule has 0 bridgehead atoms. The number of carbonyl (C=O) groups excluding carboxylic acids is 1. The number of piperidine rings is 2. The van der Waals surface area contributed by atoms with E-state index in [1.807, 2.05) is 10.6 Å². The van der Waals surface area contributed by atoms with Gasteiger partial charge in [-0.1, -0.05) is 0 Å². The number of amides is 1. The summed E-state index contributed by atoms with van der Waals surface area (Å²) in [6.45, 7) is 0.761. The molecule has 0 aromatic carbocycles. The van der Waals surface area contributed by atoms with E-state index < -0.39 is 0 Å². The molecule has 1 amide bonds. The van der Waals surface area contributed by atoms with E-state index >= 15 is 0 Å². The molecule has 1 unspecified atom stereocenters. The van der Waals surface area contributed by atoms with Crippen molar-refractivity contribution in [1.82, 2.24) is 19.3 Å². The Balaban J connectivity index is 1.71. The van der Waals surface area contributed by atoms with Gasteiger partial charge in [0.1, 0.15) is 15.9 Å². The fraction of sp³-hybridized carbons (Fsp3) is 0.533. The van der Waals surface area contributed by atoms with Crippen LogP contribution in [0.1, 0.15) is 43.8 Å². The highest BCUT2D eigenvalue weighted by atomic mass is 79.9. The van der Waals surface area contributed by atoms with Crippen molar-refractivity contribution in [3.63, 3.8) is 0 Å². The van der Waals surface area contributed by atoms with E-state index in [0.717, 1.165) is 48.2 Å². The van der Waals surface area contributed by atoms with E-state index in [4.69, 9.17) is 5.73 Å². The highest BCUT2D eigenvalue weighted by Gasteiger charge is 2.36. The van der Waals surface area contributed by atoms with Crippen LogP contribution in [0, 0.1) is 0 Å². The Kier molecular flexibility index (Phi) is 3.32. The molecule has 2 N–H and O–H groups in total. The van der Waals surface area contributed by atoms with Gasteiger partial charge in [0.15, 0.2) is 5.82 Å². The molecule has 2 fully saturated rings. The molecule has 2 saturated heterocycles. The molecule has 4 heterocycles. The fourth-order valence-corrected chi connectivity index (χ4v) is 4.38. The number of halogens is 1. The lowest BCUT2D eigenvalue weighted by Gasteiger charge is -2.42. The maximum atomic E-state index is 12.2. The van der Waals surface area contributed by atoms with Gasteiger partial charge in [0, 0.05) is 37.3 Å². The largest absolute Gasteiger partial charge is 0.382 e. The van der Waals surface area contributed by atoms with Crippen LogP contribution in [-0.4, -0.2) is 37.8 Å². The van der Waals surface area contributed by atoms with Crippen molar-refractivity contribution in [1.29, 1.82) is 0 Å². The van der Waals surface area contributed by atoms with Crippen molar-refractivity contribution in [3.8, 4) is 0 Å². The summed E-state index contributed by atoms with van der Waals surface area (Å²) in [5.74, 6) is 1.98. The summed E-state index contributed by atoms with van der Waals surface area (Å²) >= 11 is 3.48. The maximum absolute atomic E-state index is 12.2. The molecule has 2 aromatic rings. The summed E-state index contributed by atoms with van der Waals surface area (Å²) in [7, 11) is 0. The molecular weight excluding hydrogens is 346 g/mol. The van der Waals surface area contributed by atoms with Crippen molar-refractivity contribution in [2.45, 2.75) is 44.1 Å². The second-order valence-corrected chi connectivity index (χ2v) is 6.91. The Morgan fingerprint density at radius 1 is 1.32 bits per heavy atom. The molecule has 116 valence electrons. The molecule has 22 heavy (non-hydrogen) atoms. The zero-order chi connectivity index (χ0) is 15.3. The fourth-order valence-electron chi connectivity index (χ4n) is 3.81. The third kappa shape index (κ3) is 2.10. The van der Waals surface area contributed by atoms with Crippen molar-refractivity contribution < 1.29 is 4.79 Å². The van der Waals surface area contributed by atoms with Gasteiger partial charge in [0.2, 0.25) is 5.91 Å². The Bertz CT molecular complexity index is 743. The summed E-state index contributed by atoms with van der Waals surface area (Å²) in [4.78, 5) is 23.0. The van der Waals surface area contributed by atoms with E-state index in [9.17, 15) is 4.79 Å². The Labute approximate surface area is 136 Å². The number of aromatic nitrogens is 3. The van der Waals surface area contributed by atoms with Gasteiger partial charge in [-0.25, -0.2) is 9.97 Å². The van der Waals surface area contributed by atoms with E-state index in [-0.39, 0.29) is 5.92 Å². The number of carbonyl (C=O) groups is 1. The van der Waals surface area contributed by atoms with Gasteiger partial charge in [-0.05, 0) is 41.6 Å². The van der Waals surface area contributed by atoms with Crippen LogP contribution in [0.4, 0.5) is 5.82 Å². The average Bonchev–Trinajstić information content (AvgIpc) is 2.86. The predicted octanol–water partition coefficient (Wildman–Crippen LogP) is 2.33. The van der Waals surface area contributed by atoms with E-state index in [0.29, 0.717) is 24.2 Å². The summed E-state index contributed by atoms with van der Waals surface area (Å²) in [5.41, 5.74) is 6.77. The first-order valence-corrected chi connectivity index (χ1v) is 8.52. The topological polar surface area (TPSA) is 76.5 Å². The summed E-state index contributed by atoms with van der Waals surface area (Å²) in [6, 6.07) is 0.430. The molecular formula is C15H18BrN5O. The van der Waals surface area contributed by atoms with E-state index in [1.165, 1.54) is 0 Å². The molecule has 0 aliphatic carbocycles. The molecule has 7 heteroatoms. The molecule has 6 nitrogen and oxygen atoms in total. The number of anilines is 1. The maximum Gasteiger partial charge on any atom is 0.222 e. The minimum Gasteiger partial charge on any atom is -0.382 e. The first kappa shape index (κ1) is 14.0. The highest BCUT2D eigenvalue weighted by molar-refractivity contribution is 9.10. The lowest BCUT2D eigenvalue weighted by atomic mass is 9.87. The van der Waals surface area contributed by atoms with Crippen LogP contribution in [0.15, 0.2) is 17.0 Å². The standard InChI is InChI=1S/C15H18BrN5O/c16-13-12-14(17)18-6-7-20(12)15(19-13)9-4-5-10-2-1-3-11(22)21(10)8-9/h6-7,9-10H,1-5,8H2,(H2,17,18)/t9?,10-/m1/s1. The molecule has 0 spiro atoms. The Hall–Kier alpha value is -1.63. The zero-order valence-corrected chi connectivity index (χ0v) is 13.8. The van der Waals surface area contributed by atoms with Crippen LogP contribution in [0.5, 0.6) is 0 Å². The molecule has 2 aliphatic rings. The SMILES string of the molecule is Nc1nccn2c(C3CC[C@H]4CCCC(=O)N4C3)nc(Br)c12. The quantitative estimate of drug-likeness (QED) is 0.843. The molecule has 2 aromatic heterocycles. The van der Waals surface area contributed by atoms with Crippen LogP contribution in [0.25, 0.3) is 5.52 Å². The second kappa shape index (κ2) is 5.22. The first-order valence-electron chi connectivity index (χ1n) is 7.72. The number of hydrogen-bond donors (Lipinski definition) is 1. The van der Waals surface area contributed by atoms with Gasteiger partial charge in [-0.3, -0.25) is 9.20 Å². The summed E-state index contributed by atoms with van der Waals surface area (Å²) in [5, 5.41) is 0. The Morgan fingerprint density at radius 2 is 2.18 bits per heavy atom. The second-order valence-electron chi connectivity index (χ2n) is 6.16. The van der Waals surface area contributed by atoms with Crippen LogP contribution in [-0.2, 0) is 4.79 Å². The number of nitrogens with two attached hydrogens (primary N) is 1. The first-order chi connectivity index (χ1) is 10.6. The van der Waals surface area contributed by atoms with Gasteiger partial charge in [0.25, 0.3) is 0 Å². The molecule has 4 rings (SSSR count). The monoisotopic (exact) mass is 363 g/mol. The van der Waals surface area contributed by atoms with Gasteiger partial charge in [-0.2, -0.15) is 0 Å². The number of imidazole rings is 1. The van der Waals surface area contributed by atoms with Gasteiger partial charge >= 0.3 is 0 Å². The lowest BCUT2D eigenvalue weighted by molar-refractivity contribution is -0.138. The van der Waals surface area contributed by atoms with Crippen LogP contribution >= 0.6 is 15.9 Å². The van der Waals surface area contributed by atoms with Gasteiger partial charge in [-0.15, -0.1) is 0 Å². The number of fused-ring (bicyclic) bond motifs is 2. The third-order valence-electron chi connectivity index (χ3n) is 4.89. The minimum absolute atomic E-state index is 0.249. The van der Waals surface area contributed by atoms with Crippen molar-refractivity contribution >= 4 is 33.2 Å². The van der Waals surface area contributed by atoms with Crippen LogP contribution in [0.2, 0.25) is 0 Å². The lowest BCUT2D eigenvalue weighted by Crippen LogP contribution is -2.48. The van der Waals surface area contributed by atoms with Gasteiger partial charge in [0.05, 0.1) is 0 Å². The number of rotatable bonds is 1. The third-order valence-corrected chi connectivity index (χ3v) is 5.44. The van der Waals surface area contributed by atoms with E-state index in [1.54, 1.807) is 6.20 Å². The normalized spacial score (nSPS) is 25.5. The Morgan fingerprint density at radius 3 is 3.05 bits per heavy atom. The predicted molar refractivity (Wildman–Crippen MR) is 86.4 cm³/mol. The summed E-state index contributed by atoms with van der Waals surface area (Å²) in [6.07, 6.45) is 8.56. The van der Waals surface area contributed by atoms with Crippen molar-refractivity contribution in [3.05, 3.63) is 22.8 Å². The van der Waals surface area contributed by atoms with Crippen molar-refractivity contribution in [2.75, 3.05) is 12.3 Å². The van der Waals surface area contributed by atoms with Crippen LogP contribution < -0.4 is 5.73 Å². The number of hydrogen-bond acceptors (Lipinski definition) is 4. The number of nitrogens with zero attached hydrogens (tertiary/aromatic N) is 4. The molecule has 0 saturated carbocycles. The summed E-state index contributed by atoms with van der Waals surface area (Å²) < 4.78 is 2.73. The van der Waals surface area contributed by atoms with E-state index in [2.05, 4.69) is 30.8 Å². The van der Waals surface area contributed by atoms with Crippen molar-refractivity contribution in [2.24, 2.45) is 0 Å². The molecule has 2 aliphatic heterocycles.